The van der Waals surface area contributed by atoms with Crippen molar-refractivity contribution in [3.8, 4) is 0 Å². The lowest BCUT2D eigenvalue weighted by molar-refractivity contribution is 0.556. The maximum absolute atomic E-state index is 4.80. The lowest BCUT2D eigenvalue weighted by Crippen LogP contribution is -2.34. The van der Waals surface area contributed by atoms with Gasteiger partial charge in [0.05, 0.1) is 0 Å². The summed E-state index contributed by atoms with van der Waals surface area (Å²) in [4.78, 5) is 18.7. The van der Waals surface area contributed by atoms with Crippen molar-refractivity contribution in [1.29, 1.82) is 0 Å². The maximum Gasteiger partial charge on any atom is 0.250 e. The first kappa shape index (κ1) is 20.3. The molecule has 158 valence electrons. The van der Waals surface area contributed by atoms with Crippen LogP contribution in [0.2, 0.25) is 0 Å². The van der Waals surface area contributed by atoms with E-state index in [1.807, 2.05) is 24.3 Å². The van der Waals surface area contributed by atoms with Gasteiger partial charge in [-0.25, -0.2) is 5.43 Å². The van der Waals surface area contributed by atoms with Crippen LogP contribution in [0.15, 0.2) is 41.5 Å². The second-order valence-electron chi connectivity index (χ2n) is 7.96. The highest BCUT2D eigenvalue weighted by Crippen LogP contribution is 2.22. The molecule has 2 aromatic rings. The van der Waals surface area contributed by atoms with Crippen molar-refractivity contribution >= 4 is 29.6 Å². The first-order valence-electron chi connectivity index (χ1n) is 11.1. The first-order valence-corrected chi connectivity index (χ1v) is 11.1. The van der Waals surface area contributed by atoms with Gasteiger partial charge in [-0.1, -0.05) is 30.3 Å². The number of hydrogen-bond donors (Lipinski definition) is 1. The van der Waals surface area contributed by atoms with Crippen molar-refractivity contribution in [3.63, 3.8) is 0 Å². The topological polar surface area (TPSA) is 69.5 Å². The monoisotopic (exact) mass is 405 g/mol. The zero-order chi connectivity index (χ0) is 20.6. The molecule has 2 aliphatic heterocycles. The first-order chi connectivity index (χ1) is 14.8. The highest BCUT2D eigenvalue weighted by atomic mass is 15.4. The number of benzene rings is 1. The summed E-state index contributed by atoms with van der Waals surface area (Å²) in [6.45, 7) is 6.10. The van der Waals surface area contributed by atoms with E-state index in [1.165, 1.54) is 44.1 Å². The minimum Gasteiger partial charge on any atom is -0.341 e. The molecular formula is C23H31N7. The second-order valence-corrected chi connectivity index (χ2v) is 7.96. The summed E-state index contributed by atoms with van der Waals surface area (Å²) in [7, 11) is 0. The van der Waals surface area contributed by atoms with Gasteiger partial charge in [-0.2, -0.15) is 20.1 Å². The van der Waals surface area contributed by atoms with Crippen molar-refractivity contribution in [3.05, 3.63) is 42.0 Å². The fourth-order valence-corrected chi connectivity index (χ4v) is 3.92. The molecule has 0 radical (unpaired) electrons. The predicted octanol–water partition coefficient (Wildman–Crippen LogP) is 4.35. The van der Waals surface area contributed by atoms with Gasteiger partial charge in [0.2, 0.25) is 17.8 Å². The third-order valence-corrected chi connectivity index (χ3v) is 5.68. The van der Waals surface area contributed by atoms with Gasteiger partial charge < -0.3 is 9.80 Å². The number of nitrogens with zero attached hydrogens (tertiary/aromatic N) is 6. The molecule has 0 amide bonds. The van der Waals surface area contributed by atoms with Crippen LogP contribution < -0.4 is 15.2 Å². The van der Waals surface area contributed by atoms with Gasteiger partial charge >= 0.3 is 0 Å². The number of rotatable bonds is 6. The van der Waals surface area contributed by atoms with Crippen molar-refractivity contribution in [2.45, 2.75) is 45.4 Å². The number of piperidine rings is 2. The summed E-state index contributed by atoms with van der Waals surface area (Å²) in [5, 5.41) is 4.34. The molecular weight excluding hydrogens is 374 g/mol. The summed E-state index contributed by atoms with van der Waals surface area (Å²) in [6, 6.07) is 10.3. The number of aromatic nitrogens is 3. The molecule has 30 heavy (non-hydrogen) atoms. The number of hydrazone groups is 1. The Kier molecular flexibility index (Phi) is 6.90. The van der Waals surface area contributed by atoms with E-state index in [9.17, 15) is 0 Å². The molecule has 1 N–H and O–H groups in total. The highest BCUT2D eigenvalue weighted by Gasteiger charge is 2.20. The van der Waals surface area contributed by atoms with E-state index in [0.717, 1.165) is 43.6 Å². The minimum atomic E-state index is 0.508. The Morgan fingerprint density at radius 1 is 0.833 bits per heavy atom. The van der Waals surface area contributed by atoms with E-state index in [2.05, 4.69) is 49.4 Å². The molecule has 4 rings (SSSR count). The zero-order valence-electron chi connectivity index (χ0n) is 17.8. The van der Waals surface area contributed by atoms with Gasteiger partial charge in [0.1, 0.15) is 0 Å². The van der Waals surface area contributed by atoms with E-state index in [1.54, 1.807) is 6.21 Å². The Balaban J connectivity index is 1.50. The van der Waals surface area contributed by atoms with Crippen molar-refractivity contribution < 1.29 is 0 Å². The molecule has 3 heterocycles. The number of nitrogens with one attached hydrogen (secondary N) is 1. The summed E-state index contributed by atoms with van der Waals surface area (Å²) in [6.07, 6.45) is 11.1. The molecule has 0 unspecified atom stereocenters. The van der Waals surface area contributed by atoms with Crippen LogP contribution in [-0.4, -0.2) is 47.3 Å². The largest absolute Gasteiger partial charge is 0.341 e. The number of allylic oxidation sites excluding steroid dienone is 2. The Bertz CT molecular complexity index is 830. The van der Waals surface area contributed by atoms with E-state index in [0.29, 0.717) is 5.95 Å². The van der Waals surface area contributed by atoms with Gasteiger partial charge in [-0.3, -0.25) is 0 Å². The summed E-state index contributed by atoms with van der Waals surface area (Å²) >= 11 is 0. The van der Waals surface area contributed by atoms with E-state index in [4.69, 9.17) is 4.98 Å². The van der Waals surface area contributed by atoms with E-state index < -0.39 is 0 Å². The van der Waals surface area contributed by atoms with E-state index >= 15 is 0 Å². The summed E-state index contributed by atoms with van der Waals surface area (Å²) in [5.74, 6) is 2.03. The number of anilines is 3. The Labute approximate surface area is 178 Å². The maximum atomic E-state index is 4.80. The van der Waals surface area contributed by atoms with Crippen LogP contribution in [0.5, 0.6) is 0 Å². The van der Waals surface area contributed by atoms with Gasteiger partial charge in [-0.15, -0.1) is 0 Å². The van der Waals surface area contributed by atoms with Gasteiger partial charge in [-0.05, 0) is 62.7 Å². The van der Waals surface area contributed by atoms with Crippen LogP contribution in [0.1, 0.15) is 51.0 Å². The van der Waals surface area contributed by atoms with Crippen molar-refractivity contribution in [2.75, 3.05) is 41.4 Å². The fourth-order valence-electron chi connectivity index (χ4n) is 3.92. The Hall–Kier alpha value is -2.96. The van der Waals surface area contributed by atoms with Crippen LogP contribution >= 0.6 is 0 Å². The van der Waals surface area contributed by atoms with Crippen LogP contribution in [-0.2, 0) is 0 Å². The molecule has 0 saturated carbocycles. The average molecular weight is 406 g/mol. The lowest BCUT2D eigenvalue weighted by Gasteiger charge is -2.30. The molecule has 7 nitrogen and oxygen atoms in total. The molecule has 0 atom stereocenters. The molecule has 1 aromatic heterocycles. The minimum absolute atomic E-state index is 0.508. The van der Waals surface area contributed by atoms with Crippen LogP contribution in [0.3, 0.4) is 0 Å². The molecule has 0 aliphatic carbocycles. The fraction of sp³-hybridized carbons (Fsp3) is 0.478. The summed E-state index contributed by atoms with van der Waals surface area (Å²) in [5.41, 5.74) is 5.36. The lowest BCUT2D eigenvalue weighted by atomic mass is 10.1. The Morgan fingerprint density at radius 3 is 1.97 bits per heavy atom. The number of hydrogen-bond acceptors (Lipinski definition) is 7. The van der Waals surface area contributed by atoms with Crippen molar-refractivity contribution in [1.82, 2.24) is 15.0 Å². The van der Waals surface area contributed by atoms with Gasteiger partial charge in [0.25, 0.3) is 0 Å². The third-order valence-electron chi connectivity index (χ3n) is 5.68. The smallest absolute Gasteiger partial charge is 0.250 e. The Morgan fingerprint density at radius 2 is 1.40 bits per heavy atom. The molecule has 7 heteroatoms. The predicted molar refractivity (Wildman–Crippen MR) is 124 cm³/mol. The average Bonchev–Trinajstić information content (AvgIpc) is 2.83. The quantitative estimate of drug-likeness (QED) is 0.569. The molecule has 1 aromatic carbocycles. The van der Waals surface area contributed by atoms with E-state index in [-0.39, 0.29) is 0 Å². The van der Waals surface area contributed by atoms with Gasteiger partial charge in [0, 0.05) is 32.4 Å². The molecule has 0 spiro atoms. The zero-order valence-corrected chi connectivity index (χ0v) is 17.8. The normalized spacial score (nSPS) is 18.1. The molecule has 2 fully saturated rings. The van der Waals surface area contributed by atoms with Gasteiger partial charge in [0.15, 0.2) is 0 Å². The second kappa shape index (κ2) is 10.2. The molecule has 2 aliphatic rings. The summed E-state index contributed by atoms with van der Waals surface area (Å²) < 4.78 is 0. The molecule has 0 bridgehead atoms. The highest BCUT2D eigenvalue weighted by molar-refractivity contribution is 5.84. The third kappa shape index (κ3) is 5.34. The van der Waals surface area contributed by atoms with Crippen molar-refractivity contribution in [2.24, 2.45) is 5.10 Å². The molecule has 2 saturated heterocycles. The standard InChI is InChI=1S/C23H31N7/c1-19(20-11-5-2-6-12-20)13-14-24-28-21-25-22(29-15-7-3-8-16-29)27-23(26-21)30-17-9-4-10-18-30/h2,5-6,11-14H,3-4,7-10,15-18H2,1H3,(H,25,26,27,28)/b19-13+,24-14?. The van der Waals surface area contributed by atoms with Crippen LogP contribution in [0, 0.1) is 0 Å². The SMILES string of the molecule is C/C(=C\C=NNc1nc(N2CCCCC2)nc(N2CCCCC2)n1)c1ccccc1. The van der Waals surface area contributed by atoms with Crippen LogP contribution in [0.25, 0.3) is 5.57 Å². The van der Waals surface area contributed by atoms with Crippen LogP contribution in [0.4, 0.5) is 17.8 Å².